The van der Waals surface area contributed by atoms with Crippen LogP contribution in [0.5, 0.6) is 5.75 Å². The number of carbonyl (C=O) groups excluding carboxylic acids is 2. The lowest BCUT2D eigenvalue weighted by Crippen LogP contribution is -2.36. The molecule has 1 fully saturated rings. The first-order valence-electron chi connectivity index (χ1n) is 8.16. The van der Waals surface area contributed by atoms with E-state index in [0.717, 1.165) is 21.6 Å². The van der Waals surface area contributed by atoms with E-state index in [0.29, 0.717) is 0 Å². The summed E-state index contributed by atoms with van der Waals surface area (Å²) in [5.74, 6) is -0.237. The van der Waals surface area contributed by atoms with E-state index in [-0.39, 0.29) is 29.1 Å². The number of imide groups is 1. The zero-order valence-electron chi connectivity index (χ0n) is 15.6. The summed E-state index contributed by atoms with van der Waals surface area (Å²) in [6.07, 6.45) is 1.58. The second-order valence-corrected chi connectivity index (χ2v) is 8.32. The Morgan fingerprint density at radius 3 is 2.00 bits per heavy atom. The molecule has 136 valence electrons. The zero-order chi connectivity index (χ0) is 19.2. The van der Waals surface area contributed by atoms with Crippen molar-refractivity contribution in [1.82, 2.24) is 4.90 Å². The number of hydrogen-bond donors (Lipinski definition) is 2. The van der Waals surface area contributed by atoms with E-state index in [2.05, 4.69) is 0 Å². The molecular weight excluding hydrogens is 320 g/mol. The van der Waals surface area contributed by atoms with Crippen LogP contribution < -0.4 is 5.73 Å². The van der Waals surface area contributed by atoms with E-state index in [4.69, 9.17) is 10.5 Å². The molecule has 1 aromatic carbocycles. The molecule has 1 aromatic rings. The number of urea groups is 1. The van der Waals surface area contributed by atoms with E-state index in [9.17, 15) is 14.7 Å². The molecule has 1 saturated heterocycles. The summed E-state index contributed by atoms with van der Waals surface area (Å²) in [5, 5.41) is 10.7. The van der Waals surface area contributed by atoms with Crippen LogP contribution in [0.4, 0.5) is 4.79 Å². The first kappa shape index (κ1) is 18.8. The highest BCUT2D eigenvalue weighted by molar-refractivity contribution is 6.05. The number of carbonyl (C=O) groups is 2. The van der Waals surface area contributed by atoms with Crippen LogP contribution in [0.3, 0.4) is 0 Å². The number of nitrogens with two attached hydrogens (primary N) is 1. The number of nitrogens with zero attached hydrogens (tertiary/aromatic N) is 1. The van der Waals surface area contributed by atoms with Crippen LogP contribution in [0.2, 0.25) is 0 Å². The van der Waals surface area contributed by atoms with E-state index >= 15 is 0 Å². The first-order valence-corrected chi connectivity index (χ1v) is 8.16. The number of phenolic OH excluding ortho intramolecular Hbond substituents is 1. The maximum absolute atomic E-state index is 12.2. The molecule has 3 N–H and O–H groups in total. The van der Waals surface area contributed by atoms with Gasteiger partial charge in [0.25, 0.3) is 5.91 Å². The SMILES string of the molecule is CC(C)(C)c1cc(/C=C2\OCN(C(N)=O)C2=O)cc(C(C)(C)C)c1O. The molecule has 0 aromatic heterocycles. The minimum absolute atomic E-state index is 0.0595. The van der Waals surface area contributed by atoms with Gasteiger partial charge in [0.1, 0.15) is 5.75 Å². The predicted molar refractivity (Wildman–Crippen MR) is 95.9 cm³/mol. The molecule has 0 spiro atoms. The Hall–Kier alpha value is -2.50. The van der Waals surface area contributed by atoms with Crippen molar-refractivity contribution >= 4 is 18.0 Å². The summed E-state index contributed by atoms with van der Waals surface area (Å²) < 4.78 is 5.30. The van der Waals surface area contributed by atoms with Crippen LogP contribution in [0, 0.1) is 0 Å². The van der Waals surface area contributed by atoms with Gasteiger partial charge in [-0.2, -0.15) is 0 Å². The molecule has 0 aliphatic carbocycles. The number of benzene rings is 1. The van der Waals surface area contributed by atoms with Gasteiger partial charge >= 0.3 is 6.03 Å². The lowest BCUT2D eigenvalue weighted by atomic mass is 9.78. The molecule has 1 heterocycles. The number of amides is 3. The molecule has 25 heavy (non-hydrogen) atoms. The molecule has 3 amide bonds. The van der Waals surface area contributed by atoms with Crippen molar-refractivity contribution in [3.05, 3.63) is 34.6 Å². The molecule has 1 aliphatic heterocycles. The number of phenols is 1. The lowest BCUT2D eigenvalue weighted by molar-refractivity contribution is -0.122. The second kappa shape index (κ2) is 6.10. The van der Waals surface area contributed by atoms with Crippen molar-refractivity contribution in [2.75, 3.05) is 6.73 Å². The summed E-state index contributed by atoms with van der Waals surface area (Å²) in [6, 6.07) is 2.83. The predicted octanol–water partition coefficient (Wildman–Crippen LogP) is 3.22. The summed E-state index contributed by atoms with van der Waals surface area (Å²) in [4.78, 5) is 24.2. The minimum Gasteiger partial charge on any atom is -0.507 e. The summed E-state index contributed by atoms with van der Waals surface area (Å²) >= 11 is 0. The van der Waals surface area contributed by atoms with Crippen molar-refractivity contribution in [3.63, 3.8) is 0 Å². The smallest absolute Gasteiger partial charge is 0.324 e. The molecule has 0 radical (unpaired) electrons. The number of ether oxygens (including phenoxy) is 1. The van der Waals surface area contributed by atoms with Gasteiger partial charge in [0.2, 0.25) is 0 Å². The Morgan fingerprint density at radius 2 is 1.64 bits per heavy atom. The van der Waals surface area contributed by atoms with Crippen molar-refractivity contribution in [3.8, 4) is 5.75 Å². The highest BCUT2D eigenvalue weighted by Crippen LogP contribution is 2.40. The maximum Gasteiger partial charge on any atom is 0.324 e. The summed E-state index contributed by atoms with van der Waals surface area (Å²) in [7, 11) is 0. The third kappa shape index (κ3) is 3.78. The molecule has 0 saturated carbocycles. The van der Waals surface area contributed by atoms with Crippen LogP contribution in [0.1, 0.15) is 58.2 Å². The summed E-state index contributed by atoms with van der Waals surface area (Å²) in [5.41, 5.74) is 6.88. The van der Waals surface area contributed by atoms with E-state index < -0.39 is 11.9 Å². The third-order valence-electron chi connectivity index (χ3n) is 4.12. The first-order chi connectivity index (χ1) is 11.3. The normalized spacial score (nSPS) is 17.1. The van der Waals surface area contributed by atoms with E-state index in [1.807, 2.05) is 53.7 Å². The number of aromatic hydroxyl groups is 1. The van der Waals surface area contributed by atoms with Gasteiger partial charge in [-0.25, -0.2) is 9.69 Å². The molecule has 6 nitrogen and oxygen atoms in total. The van der Waals surface area contributed by atoms with Gasteiger partial charge in [0.05, 0.1) is 0 Å². The second-order valence-electron chi connectivity index (χ2n) is 8.32. The summed E-state index contributed by atoms with van der Waals surface area (Å²) in [6.45, 7) is 11.9. The zero-order valence-corrected chi connectivity index (χ0v) is 15.6. The van der Waals surface area contributed by atoms with Crippen molar-refractivity contribution < 1.29 is 19.4 Å². The van der Waals surface area contributed by atoms with Crippen molar-refractivity contribution in [2.24, 2.45) is 5.73 Å². The van der Waals surface area contributed by atoms with Gasteiger partial charge in [-0.15, -0.1) is 0 Å². The van der Waals surface area contributed by atoms with Gasteiger partial charge in [0.15, 0.2) is 12.5 Å². The third-order valence-corrected chi connectivity index (χ3v) is 4.12. The Bertz CT molecular complexity index is 717. The Morgan fingerprint density at radius 1 is 1.16 bits per heavy atom. The highest BCUT2D eigenvalue weighted by Gasteiger charge is 2.32. The van der Waals surface area contributed by atoms with Gasteiger partial charge in [0, 0.05) is 11.1 Å². The fourth-order valence-corrected chi connectivity index (χ4v) is 2.69. The van der Waals surface area contributed by atoms with Gasteiger partial charge in [-0.1, -0.05) is 41.5 Å². The average Bonchev–Trinajstić information content (AvgIpc) is 2.79. The Kier molecular flexibility index (Phi) is 4.59. The van der Waals surface area contributed by atoms with Crippen LogP contribution in [0.25, 0.3) is 6.08 Å². The van der Waals surface area contributed by atoms with E-state index in [1.165, 1.54) is 0 Å². The molecule has 0 atom stereocenters. The maximum atomic E-state index is 12.2. The van der Waals surface area contributed by atoms with Crippen molar-refractivity contribution in [2.45, 2.75) is 52.4 Å². The fourth-order valence-electron chi connectivity index (χ4n) is 2.69. The molecule has 2 rings (SSSR count). The number of rotatable bonds is 1. The van der Waals surface area contributed by atoms with Crippen LogP contribution in [-0.4, -0.2) is 28.7 Å². The molecular formula is C19H26N2O4. The largest absolute Gasteiger partial charge is 0.507 e. The minimum atomic E-state index is -0.843. The Balaban J connectivity index is 2.58. The number of hydrogen-bond acceptors (Lipinski definition) is 4. The van der Waals surface area contributed by atoms with Gasteiger partial charge in [-0.3, -0.25) is 4.79 Å². The average molecular weight is 346 g/mol. The topological polar surface area (TPSA) is 92.9 Å². The van der Waals surface area contributed by atoms with Gasteiger partial charge < -0.3 is 15.6 Å². The fraction of sp³-hybridized carbons (Fsp3) is 0.474. The van der Waals surface area contributed by atoms with Crippen LogP contribution in [-0.2, 0) is 20.4 Å². The number of primary amides is 1. The molecule has 0 unspecified atom stereocenters. The van der Waals surface area contributed by atoms with Crippen molar-refractivity contribution in [1.29, 1.82) is 0 Å². The van der Waals surface area contributed by atoms with Crippen LogP contribution in [0.15, 0.2) is 17.9 Å². The molecule has 0 bridgehead atoms. The molecule has 6 heteroatoms. The highest BCUT2D eigenvalue weighted by atomic mass is 16.5. The molecule has 1 aliphatic rings. The van der Waals surface area contributed by atoms with Gasteiger partial charge in [-0.05, 0) is 34.6 Å². The van der Waals surface area contributed by atoms with Crippen LogP contribution >= 0.6 is 0 Å². The quantitative estimate of drug-likeness (QED) is 0.764. The standard InChI is InChI=1S/C19H26N2O4/c1-18(2,3)12-7-11(8-13(15(12)22)19(4,5)6)9-14-16(23)21(10-25-14)17(20)24/h7-9,22H,10H2,1-6H3,(H2,20,24)/b14-9-. The van der Waals surface area contributed by atoms with E-state index in [1.54, 1.807) is 6.08 Å². The lowest BCUT2D eigenvalue weighted by Gasteiger charge is -2.27. The Labute approximate surface area is 148 Å². The monoisotopic (exact) mass is 346 g/mol.